The summed E-state index contributed by atoms with van der Waals surface area (Å²) in [6.45, 7) is -0.954. The Hall–Kier alpha value is -5.38. The van der Waals surface area contributed by atoms with Gasteiger partial charge in [0.2, 0.25) is 5.91 Å². The summed E-state index contributed by atoms with van der Waals surface area (Å²) in [6, 6.07) is 22.2. The molecule has 0 spiro atoms. The van der Waals surface area contributed by atoms with E-state index < -0.39 is 47.7 Å². The Bertz CT molecular complexity index is 1660. The number of halogens is 2. The predicted octanol–water partition coefficient (Wildman–Crippen LogP) is 4.91. The van der Waals surface area contributed by atoms with Crippen molar-refractivity contribution in [3.63, 3.8) is 0 Å². The topological polar surface area (TPSA) is 96.0 Å². The molecule has 0 fully saturated rings. The highest BCUT2D eigenvalue weighted by molar-refractivity contribution is 6.52. The summed E-state index contributed by atoms with van der Waals surface area (Å²) < 4.78 is 33.9. The Morgan fingerprint density at radius 1 is 0.881 bits per heavy atom. The van der Waals surface area contributed by atoms with Crippen LogP contribution in [0.15, 0.2) is 97.1 Å². The molecule has 42 heavy (non-hydrogen) atoms. The summed E-state index contributed by atoms with van der Waals surface area (Å²) in [5, 5.41) is 2.76. The van der Waals surface area contributed by atoms with Crippen LogP contribution in [0.2, 0.25) is 0 Å². The molecule has 4 aromatic rings. The normalized spacial score (nSPS) is 13.0. The molecule has 1 unspecified atom stereocenters. The second-order valence-corrected chi connectivity index (χ2v) is 9.52. The van der Waals surface area contributed by atoms with E-state index in [9.17, 15) is 28.0 Å². The zero-order valence-electron chi connectivity index (χ0n) is 22.4. The first-order chi connectivity index (χ1) is 20.3. The zero-order valence-corrected chi connectivity index (χ0v) is 22.4. The number of hydrogen-bond acceptors (Lipinski definition) is 5. The van der Waals surface area contributed by atoms with Gasteiger partial charge in [0, 0.05) is 17.8 Å². The zero-order chi connectivity index (χ0) is 29.8. The molecule has 4 aromatic carbocycles. The summed E-state index contributed by atoms with van der Waals surface area (Å²) >= 11 is 0. The summed E-state index contributed by atoms with van der Waals surface area (Å²) in [4.78, 5) is 55.5. The molecule has 0 radical (unpaired) electrons. The van der Waals surface area contributed by atoms with E-state index in [1.54, 1.807) is 48.5 Å². The second kappa shape index (κ2) is 12.0. The molecule has 1 N–H and O–H groups in total. The van der Waals surface area contributed by atoms with Crippen LogP contribution in [0, 0.1) is 11.6 Å². The van der Waals surface area contributed by atoms with Crippen molar-refractivity contribution in [2.24, 2.45) is 0 Å². The number of fused-ring (bicyclic) bond motifs is 1. The highest BCUT2D eigenvalue weighted by Gasteiger charge is 2.39. The number of anilines is 2. The maximum absolute atomic E-state index is 14.9. The van der Waals surface area contributed by atoms with Crippen LogP contribution in [0.3, 0.4) is 0 Å². The Morgan fingerprint density at radius 2 is 1.55 bits per heavy atom. The highest BCUT2D eigenvalue weighted by atomic mass is 19.1. The minimum absolute atomic E-state index is 0.111. The first-order valence-corrected chi connectivity index (χ1v) is 13.0. The molecular formula is C32H25F2N3O5. The summed E-state index contributed by atoms with van der Waals surface area (Å²) in [6.07, 6.45) is 0. The molecule has 5 rings (SSSR count). The average Bonchev–Trinajstić information content (AvgIpc) is 3.24. The van der Waals surface area contributed by atoms with Crippen LogP contribution in [0.4, 0.5) is 20.2 Å². The van der Waals surface area contributed by atoms with Crippen LogP contribution in [-0.4, -0.2) is 42.1 Å². The molecule has 212 valence electrons. The number of Topliss-reactive ketones (excluding diaryl/α,β-unsaturated/α-hetero) is 1. The summed E-state index contributed by atoms with van der Waals surface area (Å²) in [5.74, 6) is -3.66. The van der Waals surface area contributed by atoms with Gasteiger partial charge in [-0.05, 0) is 60.2 Å². The van der Waals surface area contributed by atoms with E-state index in [-0.39, 0.29) is 28.9 Å². The van der Waals surface area contributed by atoms with E-state index in [2.05, 4.69) is 5.32 Å². The molecule has 0 bridgehead atoms. The Labute approximate surface area is 240 Å². The van der Waals surface area contributed by atoms with Gasteiger partial charge >= 0.3 is 0 Å². The van der Waals surface area contributed by atoms with Gasteiger partial charge in [0.1, 0.15) is 30.0 Å². The fourth-order valence-corrected chi connectivity index (χ4v) is 4.77. The third-order valence-corrected chi connectivity index (χ3v) is 6.89. The maximum atomic E-state index is 14.9. The summed E-state index contributed by atoms with van der Waals surface area (Å²) in [5.41, 5.74) is 1.16. The first kappa shape index (κ1) is 28.2. The van der Waals surface area contributed by atoms with Crippen molar-refractivity contribution in [1.82, 2.24) is 4.90 Å². The van der Waals surface area contributed by atoms with Crippen molar-refractivity contribution in [2.45, 2.75) is 12.6 Å². The van der Waals surface area contributed by atoms with Crippen molar-refractivity contribution in [3.8, 4) is 5.75 Å². The van der Waals surface area contributed by atoms with Crippen molar-refractivity contribution < 1.29 is 32.7 Å². The van der Waals surface area contributed by atoms with E-state index in [0.717, 1.165) is 21.9 Å². The Balaban J connectivity index is 1.55. The van der Waals surface area contributed by atoms with Gasteiger partial charge in [-0.3, -0.25) is 24.1 Å². The van der Waals surface area contributed by atoms with Gasteiger partial charge in [0.05, 0.1) is 18.4 Å². The molecule has 1 heterocycles. The first-order valence-electron chi connectivity index (χ1n) is 13.0. The number of carbonyl (C=O) groups is 4. The molecule has 1 aliphatic rings. The minimum Gasteiger partial charge on any atom is -0.497 e. The standard InChI is InChI=1S/C32H25F2N3O5/c1-42-24-16-14-23(15-17-24)35-31(40)29(20-10-12-22(33)13-11-20)37(18-21-6-2-4-8-26(21)34)28(38)19-36-27-9-5-3-7-25(27)30(39)32(36)41/h2-17,29H,18-19H2,1H3,(H,35,40). The SMILES string of the molecule is COc1ccc(NC(=O)C(c2ccc(F)cc2)N(Cc2ccccc2F)C(=O)CN2C(=O)C(=O)c3ccccc32)cc1. The lowest BCUT2D eigenvalue weighted by Crippen LogP contribution is -2.46. The molecule has 1 aliphatic heterocycles. The van der Waals surface area contributed by atoms with Crippen molar-refractivity contribution in [3.05, 3.63) is 125 Å². The second-order valence-electron chi connectivity index (χ2n) is 9.52. The maximum Gasteiger partial charge on any atom is 0.299 e. The third-order valence-electron chi connectivity index (χ3n) is 6.89. The molecule has 10 heteroatoms. The van der Waals surface area contributed by atoms with Crippen LogP contribution in [0.5, 0.6) is 5.75 Å². The molecular weight excluding hydrogens is 544 g/mol. The molecule has 0 saturated heterocycles. The highest BCUT2D eigenvalue weighted by Crippen LogP contribution is 2.31. The van der Waals surface area contributed by atoms with Gasteiger partial charge in [0.15, 0.2) is 0 Å². The molecule has 8 nitrogen and oxygen atoms in total. The molecule has 1 atom stereocenters. The summed E-state index contributed by atoms with van der Waals surface area (Å²) in [7, 11) is 1.50. The minimum atomic E-state index is -1.37. The molecule has 0 saturated carbocycles. The van der Waals surface area contributed by atoms with Crippen LogP contribution in [0.1, 0.15) is 27.5 Å². The fraction of sp³-hybridized carbons (Fsp3) is 0.125. The quantitative estimate of drug-likeness (QED) is 0.289. The fourth-order valence-electron chi connectivity index (χ4n) is 4.77. The number of ether oxygens (including phenoxy) is 1. The average molecular weight is 570 g/mol. The number of hydrogen-bond donors (Lipinski definition) is 1. The third kappa shape index (κ3) is 5.73. The van der Waals surface area contributed by atoms with Gasteiger partial charge < -0.3 is 15.0 Å². The number of methoxy groups -OCH3 is 1. The van der Waals surface area contributed by atoms with Crippen molar-refractivity contribution in [1.29, 1.82) is 0 Å². The van der Waals surface area contributed by atoms with E-state index in [1.165, 1.54) is 43.5 Å². The smallest absolute Gasteiger partial charge is 0.299 e. The predicted molar refractivity (Wildman–Crippen MR) is 151 cm³/mol. The lowest BCUT2D eigenvalue weighted by Gasteiger charge is -2.33. The van der Waals surface area contributed by atoms with Gasteiger partial charge in [0.25, 0.3) is 17.6 Å². The molecule has 0 aromatic heterocycles. The largest absolute Gasteiger partial charge is 0.497 e. The number of rotatable bonds is 9. The lowest BCUT2D eigenvalue weighted by molar-refractivity contribution is -0.139. The van der Waals surface area contributed by atoms with Crippen LogP contribution in [0.25, 0.3) is 0 Å². The van der Waals surface area contributed by atoms with E-state index in [1.807, 2.05) is 0 Å². The number of amides is 3. The number of nitrogens with zero attached hydrogens (tertiary/aromatic N) is 2. The van der Waals surface area contributed by atoms with Gasteiger partial charge in [-0.2, -0.15) is 0 Å². The Morgan fingerprint density at radius 3 is 2.24 bits per heavy atom. The van der Waals surface area contributed by atoms with Gasteiger partial charge in [-0.1, -0.05) is 42.5 Å². The lowest BCUT2D eigenvalue weighted by atomic mass is 10.0. The van der Waals surface area contributed by atoms with E-state index in [4.69, 9.17) is 4.74 Å². The number of carbonyl (C=O) groups excluding carboxylic acids is 4. The number of benzene rings is 4. The van der Waals surface area contributed by atoms with Crippen molar-refractivity contribution in [2.75, 3.05) is 23.9 Å². The monoisotopic (exact) mass is 569 g/mol. The van der Waals surface area contributed by atoms with E-state index in [0.29, 0.717) is 11.4 Å². The number of ketones is 1. The van der Waals surface area contributed by atoms with Crippen LogP contribution in [-0.2, 0) is 20.9 Å². The Kier molecular flexibility index (Phi) is 8.05. The molecule has 0 aliphatic carbocycles. The van der Waals surface area contributed by atoms with Crippen molar-refractivity contribution >= 4 is 34.9 Å². The van der Waals surface area contributed by atoms with E-state index >= 15 is 0 Å². The van der Waals surface area contributed by atoms with Gasteiger partial charge in [-0.15, -0.1) is 0 Å². The number of nitrogens with one attached hydrogen (secondary N) is 1. The van der Waals surface area contributed by atoms with Gasteiger partial charge in [-0.25, -0.2) is 8.78 Å². The van der Waals surface area contributed by atoms with Crippen LogP contribution < -0.4 is 15.0 Å². The number of para-hydroxylation sites is 1. The van der Waals surface area contributed by atoms with Crippen LogP contribution >= 0.6 is 0 Å². The molecule has 3 amide bonds.